The maximum atomic E-state index is 14.7. The fourth-order valence-electron chi connectivity index (χ4n) is 3.44. The number of carboxylic acid groups (broad SMARTS) is 1. The van der Waals surface area contributed by atoms with Crippen LogP contribution in [0, 0.1) is 11.6 Å². The fourth-order valence-corrected chi connectivity index (χ4v) is 3.70. The molecular weight excluding hydrogens is 617 g/mol. The van der Waals surface area contributed by atoms with Crippen LogP contribution in [0.25, 0.3) is 16.9 Å². The molecular formula is C25H20ClF7N6O4. The summed E-state index contributed by atoms with van der Waals surface area (Å²) >= 11 is 6.28. The van der Waals surface area contributed by atoms with Crippen molar-refractivity contribution in [2.45, 2.75) is 19.2 Å². The normalized spacial score (nSPS) is 11.2. The molecule has 18 heteroatoms. The van der Waals surface area contributed by atoms with Gasteiger partial charge in [-0.05, 0) is 43.3 Å². The molecule has 1 amide bonds. The number of halogens is 8. The zero-order valence-corrected chi connectivity index (χ0v) is 22.2. The third kappa shape index (κ3) is 8.23. The molecule has 0 saturated heterocycles. The summed E-state index contributed by atoms with van der Waals surface area (Å²) in [7, 11) is 0. The summed E-state index contributed by atoms with van der Waals surface area (Å²) in [6.45, 7) is -2.43. The van der Waals surface area contributed by atoms with Crippen molar-refractivity contribution < 1.29 is 50.2 Å². The first kappa shape index (κ1) is 32.9. The Morgan fingerprint density at radius 1 is 1.12 bits per heavy atom. The number of rotatable bonds is 9. The number of carboxylic acids is 1. The van der Waals surface area contributed by atoms with E-state index >= 15 is 0 Å². The summed E-state index contributed by atoms with van der Waals surface area (Å²) in [5.41, 5.74) is 6.40. The van der Waals surface area contributed by atoms with E-state index in [2.05, 4.69) is 25.3 Å². The quantitative estimate of drug-likeness (QED) is 0.142. The molecule has 2 aromatic carbocycles. The first-order chi connectivity index (χ1) is 20.2. The van der Waals surface area contributed by atoms with Gasteiger partial charge in [0.1, 0.15) is 0 Å². The van der Waals surface area contributed by atoms with Crippen LogP contribution < -0.4 is 21.1 Å². The molecule has 43 heavy (non-hydrogen) atoms. The predicted molar refractivity (Wildman–Crippen MR) is 139 cm³/mol. The number of hydrogen-bond acceptors (Lipinski definition) is 7. The van der Waals surface area contributed by atoms with E-state index in [1.807, 2.05) is 0 Å². The molecule has 4 rings (SSSR count). The Labute approximate surface area is 242 Å². The summed E-state index contributed by atoms with van der Waals surface area (Å²) in [6, 6.07) is 6.72. The molecule has 5 N–H and O–H groups in total. The average Bonchev–Trinajstić information content (AvgIpc) is 3.36. The minimum atomic E-state index is -5.08. The summed E-state index contributed by atoms with van der Waals surface area (Å²) in [6.07, 6.45) is -0.278. The molecule has 2 heterocycles. The Morgan fingerprint density at radius 3 is 2.42 bits per heavy atom. The fraction of sp³-hybridized carbons (Fsp3) is 0.200. The third-order valence-corrected chi connectivity index (χ3v) is 5.67. The highest BCUT2D eigenvalue weighted by Gasteiger charge is 2.38. The van der Waals surface area contributed by atoms with Crippen molar-refractivity contribution in [1.82, 2.24) is 19.7 Å². The molecule has 0 bridgehead atoms. The minimum Gasteiger partial charge on any atom is -0.475 e. The van der Waals surface area contributed by atoms with Crippen molar-refractivity contribution in [2.24, 2.45) is 5.73 Å². The van der Waals surface area contributed by atoms with Crippen LogP contribution in [0.2, 0.25) is 5.02 Å². The number of aliphatic carboxylic acids is 1. The van der Waals surface area contributed by atoms with E-state index in [1.54, 1.807) is 12.1 Å². The van der Waals surface area contributed by atoms with Crippen molar-refractivity contribution >= 4 is 40.6 Å². The third-order valence-electron chi connectivity index (χ3n) is 5.35. The number of ether oxygens (including phenoxy) is 1. The van der Waals surface area contributed by atoms with E-state index in [1.165, 1.54) is 29.1 Å². The summed E-state index contributed by atoms with van der Waals surface area (Å²) in [4.78, 5) is 29.6. The topological polar surface area (TPSA) is 144 Å². The Balaban J connectivity index is 0.000000646. The van der Waals surface area contributed by atoms with Gasteiger partial charge in [0.2, 0.25) is 5.82 Å². The van der Waals surface area contributed by atoms with Gasteiger partial charge in [-0.15, -0.1) is 0 Å². The molecule has 230 valence electrons. The molecule has 2 aromatic heterocycles. The second-order valence-electron chi connectivity index (χ2n) is 8.25. The lowest BCUT2D eigenvalue weighted by Crippen LogP contribution is -2.26. The Kier molecular flexibility index (Phi) is 10.7. The van der Waals surface area contributed by atoms with E-state index in [0.29, 0.717) is 25.2 Å². The SMILES string of the molecule is NCCCNC(=O)c1ccc(Nc2nccn3c(-c4ccc(OC(F)F)c(F)c4F)cnc23)cc1Cl.O=C(O)C(F)(F)F. The number of hydrogen-bond donors (Lipinski definition) is 4. The molecule has 0 aliphatic heterocycles. The molecule has 0 aliphatic carbocycles. The molecule has 10 nitrogen and oxygen atoms in total. The second kappa shape index (κ2) is 14.0. The van der Waals surface area contributed by atoms with E-state index in [-0.39, 0.29) is 39.2 Å². The number of amides is 1. The monoisotopic (exact) mass is 636 g/mol. The standard InChI is InChI=1S/C23H19ClF4N6O2.C2HF3O2/c24-15-10-12(2-3-13(15)22(35)31-7-1-6-29)33-20-21-32-11-16(34(21)9-8-30-20)14-4-5-17(36-23(27)28)19(26)18(14)25;3-2(4,5)1(6)7/h2-5,8-11,23H,1,6-7,29H2,(H,30,33)(H,31,35);(H,6,7). The summed E-state index contributed by atoms with van der Waals surface area (Å²) in [5.74, 6) is -6.65. The number of aromatic nitrogens is 3. The zero-order valence-electron chi connectivity index (χ0n) is 21.4. The van der Waals surface area contributed by atoms with Crippen molar-refractivity contribution in [3.8, 4) is 17.0 Å². The number of nitrogens with two attached hydrogens (primary N) is 1. The van der Waals surface area contributed by atoms with Crippen LogP contribution in [0.4, 0.5) is 42.2 Å². The largest absolute Gasteiger partial charge is 0.490 e. The Morgan fingerprint density at radius 2 is 1.81 bits per heavy atom. The second-order valence-corrected chi connectivity index (χ2v) is 8.66. The van der Waals surface area contributed by atoms with Crippen LogP contribution in [-0.2, 0) is 4.79 Å². The molecule has 0 fully saturated rings. The lowest BCUT2D eigenvalue weighted by Gasteiger charge is -2.11. The number of carbonyl (C=O) groups excluding carboxylic acids is 1. The number of nitrogens with zero attached hydrogens (tertiary/aromatic N) is 3. The highest BCUT2D eigenvalue weighted by Crippen LogP contribution is 2.32. The molecule has 0 spiro atoms. The van der Waals surface area contributed by atoms with Gasteiger partial charge in [0.05, 0.1) is 22.5 Å². The first-order valence-electron chi connectivity index (χ1n) is 11.8. The van der Waals surface area contributed by atoms with Crippen LogP contribution >= 0.6 is 11.6 Å². The van der Waals surface area contributed by atoms with E-state index in [9.17, 15) is 35.5 Å². The maximum absolute atomic E-state index is 14.7. The lowest BCUT2D eigenvalue weighted by atomic mass is 10.1. The van der Waals surface area contributed by atoms with E-state index < -0.39 is 36.1 Å². The number of nitrogens with one attached hydrogen (secondary N) is 2. The summed E-state index contributed by atoms with van der Waals surface area (Å²) < 4.78 is 90.9. The predicted octanol–water partition coefficient (Wildman–Crippen LogP) is 5.38. The first-order valence-corrected chi connectivity index (χ1v) is 12.2. The molecule has 0 aliphatic rings. The van der Waals surface area contributed by atoms with Gasteiger partial charge in [-0.1, -0.05) is 11.6 Å². The minimum absolute atomic E-state index is 0.151. The molecule has 0 radical (unpaired) electrons. The van der Waals surface area contributed by atoms with Crippen LogP contribution in [0.3, 0.4) is 0 Å². The molecule has 0 unspecified atom stereocenters. The smallest absolute Gasteiger partial charge is 0.475 e. The van der Waals surface area contributed by atoms with Gasteiger partial charge in [-0.2, -0.15) is 26.3 Å². The van der Waals surface area contributed by atoms with Gasteiger partial charge in [0.15, 0.2) is 23.0 Å². The van der Waals surface area contributed by atoms with Gasteiger partial charge in [-0.25, -0.2) is 19.2 Å². The van der Waals surface area contributed by atoms with Gasteiger partial charge in [-0.3, -0.25) is 9.20 Å². The van der Waals surface area contributed by atoms with E-state index in [4.69, 9.17) is 27.2 Å². The highest BCUT2D eigenvalue weighted by atomic mass is 35.5. The average molecular weight is 637 g/mol. The number of alkyl halides is 5. The lowest BCUT2D eigenvalue weighted by molar-refractivity contribution is -0.192. The van der Waals surface area contributed by atoms with Crippen molar-refractivity contribution in [3.05, 3.63) is 71.1 Å². The number of imidazole rings is 1. The number of carbonyl (C=O) groups is 2. The van der Waals surface area contributed by atoms with Crippen molar-refractivity contribution in [1.29, 1.82) is 0 Å². The van der Waals surface area contributed by atoms with Crippen LogP contribution in [0.15, 0.2) is 48.9 Å². The maximum Gasteiger partial charge on any atom is 0.490 e. The highest BCUT2D eigenvalue weighted by molar-refractivity contribution is 6.34. The van der Waals surface area contributed by atoms with Crippen LogP contribution in [-0.4, -0.2) is 57.2 Å². The van der Waals surface area contributed by atoms with E-state index in [0.717, 1.165) is 12.1 Å². The van der Waals surface area contributed by atoms with Crippen LogP contribution in [0.1, 0.15) is 16.8 Å². The Bertz CT molecular complexity index is 1620. The number of fused-ring (bicyclic) bond motifs is 1. The van der Waals surface area contributed by atoms with Crippen molar-refractivity contribution in [3.63, 3.8) is 0 Å². The molecule has 0 atom stereocenters. The van der Waals surface area contributed by atoms with Gasteiger partial charge >= 0.3 is 18.8 Å². The number of anilines is 2. The number of benzene rings is 2. The van der Waals surface area contributed by atoms with Crippen molar-refractivity contribution in [2.75, 3.05) is 18.4 Å². The zero-order chi connectivity index (χ0) is 31.9. The van der Waals surface area contributed by atoms with Gasteiger partial charge in [0, 0.05) is 30.2 Å². The molecule has 4 aromatic rings. The Hall–Kier alpha value is -4.64. The molecule has 0 saturated carbocycles. The van der Waals surface area contributed by atoms with Gasteiger partial charge in [0.25, 0.3) is 5.91 Å². The summed E-state index contributed by atoms with van der Waals surface area (Å²) in [5, 5.41) is 13.1. The van der Waals surface area contributed by atoms with Crippen LogP contribution in [0.5, 0.6) is 5.75 Å². The van der Waals surface area contributed by atoms with Gasteiger partial charge < -0.3 is 26.2 Å².